The first-order valence-electron chi connectivity index (χ1n) is 8.24. The molecule has 0 fully saturated rings. The van der Waals surface area contributed by atoms with Crippen LogP contribution in [0.2, 0.25) is 0 Å². The molecule has 0 radical (unpaired) electrons. The molecule has 0 unspecified atom stereocenters. The zero-order valence-corrected chi connectivity index (χ0v) is 16.0. The van der Waals surface area contributed by atoms with E-state index >= 15 is 0 Å². The molecule has 3 rings (SSSR count). The Bertz CT molecular complexity index is 972. The number of aryl methyl sites for hydroxylation is 1. The van der Waals surface area contributed by atoms with Crippen LogP contribution in [0.5, 0.6) is 11.5 Å². The Balaban J connectivity index is 1.78. The molecular weight excluding hydrogens is 367 g/mol. The molecule has 140 valence electrons. The van der Waals surface area contributed by atoms with Gasteiger partial charge in [-0.3, -0.25) is 4.79 Å². The summed E-state index contributed by atoms with van der Waals surface area (Å²) in [6.45, 7) is 2.04. The lowest BCUT2D eigenvalue weighted by Crippen LogP contribution is -2.22. The van der Waals surface area contributed by atoms with Crippen LogP contribution in [0.1, 0.15) is 20.9 Å². The van der Waals surface area contributed by atoms with E-state index in [1.807, 2.05) is 12.1 Å². The largest absolute Gasteiger partial charge is 0.493 e. The smallest absolute Gasteiger partial charge is 0.263 e. The molecule has 0 bridgehead atoms. The van der Waals surface area contributed by atoms with Gasteiger partial charge < -0.3 is 14.8 Å². The van der Waals surface area contributed by atoms with Crippen LogP contribution in [0.15, 0.2) is 42.5 Å². The minimum atomic E-state index is -0.327. The van der Waals surface area contributed by atoms with Gasteiger partial charge in [0.25, 0.3) is 5.91 Å². The predicted octanol–water partition coefficient (Wildman–Crippen LogP) is 4.20. The van der Waals surface area contributed by atoms with Crippen molar-refractivity contribution in [1.82, 2.24) is 10.3 Å². The molecule has 5 nitrogen and oxygen atoms in total. The van der Waals surface area contributed by atoms with E-state index in [0.29, 0.717) is 32.6 Å². The third-order valence-electron chi connectivity index (χ3n) is 3.98. The molecule has 27 heavy (non-hydrogen) atoms. The normalized spacial score (nSPS) is 10.5. The number of ether oxygens (including phenoxy) is 2. The number of rotatable bonds is 6. The number of benzene rings is 2. The maximum absolute atomic E-state index is 13.2. The van der Waals surface area contributed by atoms with Gasteiger partial charge in [0.2, 0.25) is 0 Å². The second-order valence-corrected chi connectivity index (χ2v) is 6.81. The Morgan fingerprint density at radius 2 is 1.93 bits per heavy atom. The van der Waals surface area contributed by atoms with E-state index in [0.717, 1.165) is 5.56 Å². The fourth-order valence-electron chi connectivity index (χ4n) is 2.61. The number of nitrogens with one attached hydrogen (secondary N) is 1. The quantitative estimate of drug-likeness (QED) is 0.690. The van der Waals surface area contributed by atoms with Crippen LogP contribution in [0.25, 0.3) is 10.6 Å². The number of halogens is 1. The number of thiazole rings is 1. The lowest BCUT2D eigenvalue weighted by Gasteiger charge is -2.08. The Morgan fingerprint density at radius 1 is 1.15 bits per heavy atom. The Kier molecular flexibility index (Phi) is 5.71. The second-order valence-electron chi connectivity index (χ2n) is 5.82. The molecule has 1 aromatic heterocycles. The monoisotopic (exact) mass is 386 g/mol. The number of carbonyl (C=O) groups is 1. The highest BCUT2D eigenvalue weighted by Gasteiger charge is 2.17. The SMILES string of the molecule is COc1ccc(-c2nc(C)c(C(=O)NCc3cccc(F)c3)s2)cc1OC. The molecule has 0 saturated heterocycles. The maximum Gasteiger partial charge on any atom is 0.263 e. The number of hydrogen-bond donors (Lipinski definition) is 1. The highest BCUT2D eigenvalue weighted by molar-refractivity contribution is 7.17. The zero-order chi connectivity index (χ0) is 19.4. The van der Waals surface area contributed by atoms with Crippen molar-refractivity contribution in [3.63, 3.8) is 0 Å². The van der Waals surface area contributed by atoms with Crippen molar-refractivity contribution in [1.29, 1.82) is 0 Å². The Morgan fingerprint density at radius 3 is 2.63 bits per heavy atom. The number of carbonyl (C=O) groups excluding carboxylic acids is 1. The molecule has 1 amide bonds. The van der Waals surface area contributed by atoms with E-state index in [-0.39, 0.29) is 18.3 Å². The summed E-state index contributed by atoms with van der Waals surface area (Å²) in [4.78, 5) is 17.5. The Labute approximate surface area is 160 Å². The fourth-order valence-corrected chi connectivity index (χ4v) is 3.59. The van der Waals surface area contributed by atoms with Crippen molar-refractivity contribution in [2.24, 2.45) is 0 Å². The molecule has 2 aromatic carbocycles. The average molecular weight is 386 g/mol. The third kappa shape index (κ3) is 4.25. The third-order valence-corrected chi connectivity index (χ3v) is 5.18. The molecule has 0 atom stereocenters. The average Bonchev–Trinajstić information content (AvgIpc) is 3.07. The maximum atomic E-state index is 13.2. The van der Waals surface area contributed by atoms with Crippen molar-refractivity contribution in [3.8, 4) is 22.1 Å². The van der Waals surface area contributed by atoms with Crippen molar-refractivity contribution in [2.45, 2.75) is 13.5 Å². The molecular formula is C20H19FN2O3S. The van der Waals surface area contributed by atoms with Crippen molar-refractivity contribution in [2.75, 3.05) is 14.2 Å². The minimum absolute atomic E-state index is 0.235. The first kappa shape index (κ1) is 18.8. The van der Waals surface area contributed by atoms with Gasteiger partial charge in [-0.1, -0.05) is 12.1 Å². The van der Waals surface area contributed by atoms with Crippen LogP contribution in [-0.2, 0) is 6.54 Å². The topological polar surface area (TPSA) is 60.5 Å². The van der Waals surface area contributed by atoms with Crippen LogP contribution in [0, 0.1) is 12.7 Å². The molecule has 3 aromatic rings. The summed E-state index contributed by atoms with van der Waals surface area (Å²) in [6, 6.07) is 11.6. The van der Waals surface area contributed by atoms with Crippen LogP contribution in [-0.4, -0.2) is 25.1 Å². The van der Waals surface area contributed by atoms with Crippen LogP contribution in [0.3, 0.4) is 0 Å². The fraction of sp³-hybridized carbons (Fsp3) is 0.200. The molecule has 7 heteroatoms. The van der Waals surface area contributed by atoms with Crippen LogP contribution in [0.4, 0.5) is 4.39 Å². The van der Waals surface area contributed by atoms with Crippen molar-refractivity contribution < 1.29 is 18.7 Å². The van der Waals surface area contributed by atoms with E-state index in [4.69, 9.17) is 9.47 Å². The molecule has 1 N–H and O–H groups in total. The minimum Gasteiger partial charge on any atom is -0.493 e. The zero-order valence-electron chi connectivity index (χ0n) is 15.2. The first-order valence-corrected chi connectivity index (χ1v) is 9.06. The van der Waals surface area contributed by atoms with Gasteiger partial charge in [0.15, 0.2) is 11.5 Å². The highest BCUT2D eigenvalue weighted by atomic mass is 32.1. The number of nitrogens with zero attached hydrogens (tertiary/aromatic N) is 1. The van der Waals surface area contributed by atoms with Gasteiger partial charge in [-0.2, -0.15) is 0 Å². The number of hydrogen-bond acceptors (Lipinski definition) is 5. The Hall–Kier alpha value is -2.93. The standard InChI is InChI=1S/C20H19FN2O3S/c1-12-18(19(24)22-11-13-5-4-6-15(21)9-13)27-20(23-12)14-7-8-16(25-2)17(10-14)26-3/h4-10H,11H2,1-3H3,(H,22,24). The van der Waals surface area contributed by atoms with Gasteiger partial charge in [0.05, 0.1) is 19.9 Å². The van der Waals surface area contributed by atoms with Gasteiger partial charge in [-0.15, -0.1) is 11.3 Å². The van der Waals surface area contributed by atoms with Gasteiger partial charge >= 0.3 is 0 Å². The summed E-state index contributed by atoms with van der Waals surface area (Å²) < 4.78 is 23.8. The van der Waals surface area contributed by atoms with E-state index in [1.165, 1.54) is 23.5 Å². The van der Waals surface area contributed by atoms with Crippen molar-refractivity contribution in [3.05, 3.63) is 64.4 Å². The molecule has 1 heterocycles. The number of amides is 1. The van der Waals surface area contributed by atoms with E-state index in [1.54, 1.807) is 39.3 Å². The van der Waals surface area contributed by atoms with Gasteiger partial charge in [0, 0.05) is 12.1 Å². The number of aromatic nitrogens is 1. The van der Waals surface area contributed by atoms with Gasteiger partial charge in [-0.05, 0) is 42.8 Å². The predicted molar refractivity (Wildman–Crippen MR) is 103 cm³/mol. The van der Waals surface area contributed by atoms with Gasteiger partial charge in [0.1, 0.15) is 15.7 Å². The highest BCUT2D eigenvalue weighted by Crippen LogP contribution is 2.34. The molecule has 0 aliphatic carbocycles. The molecule has 0 saturated carbocycles. The molecule has 0 spiro atoms. The molecule has 0 aliphatic rings. The molecule has 0 aliphatic heterocycles. The number of methoxy groups -OCH3 is 2. The lowest BCUT2D eigenvalue weighted by molar-refractivity contribution is 0.0954. The van der Waals surface area contributed by atoms with Crippen molar-refractivity contribution >= 4 is 17.2 Å². The summed E-state index contributed by atoms with van der Waals surface area (Å²) in [5, 5.41) is 3.52. The summed E-state index contributed by atoms with van der Waals surface area (Å²) in [6.07, 6.45) is 0. The lowest BCUT2D eigenvalue weighted by atomic mass is 10.2. The second kappa shape index (κ2) is 8.18. The van der Waals surface area contributed by atoms with E-state index < -0.39 is 0 Å². The van der Waals surface area contributed by atoms with Crippen LogP contribution < -0.4 is 14.8 Å². The summed E-state index contributed by atoms with van der Waals surface area (Å²) >= 11 is 1.30. The van der Waals surface area contributed by atoms with Crippen LogP contribution >= 0.6 is 11.3 Å². The summed E-state index contributed by atoms with van der Waals surface area (Å²) in [7, 11) is 3.14. The summed E-state index contributed by atoms with van der Waals surface area (Å²) in [5.41, 5.74) is 2.18. The van der Waals surface area contributed by atoms with Gasteiger partial charge in [-0.25, -0.2) is 9.37 Å². The van der Waals surface area contributed by atoms with E-state index in [9.17, 15) is 9.18 Å². The summed E-state index contributed by atoms with van der Waals surface area (Å²) in [5.74, 6) is 0.662. The first-order chi connectivity index (χ1) is 13.0. The van der Waals surface area contributed by atoms with E-state index in [2.05, 4.69) is 10.3 Å².